The topological polar surface area (TPSA) is 81.2 Å². The van der Waals surface area contributed by atoms with E-state index < -0.39 is 18.7 Å². The Labute approximate surface area is 146 Å². The van der Waals surface area contributed by atoms with Gasteiger partial charge >= 0.3 is 0 Å². The van der Waals surface area contributed by atoms with Gasteiger partial charge in [-0.25, -0.2) is 0 Å². The molecule has 2 aliphatic heterocycles. The van der Waals surface area contributed by atoms with Crippen molar-refractivity contribution in [3.8, 4) is 0 Å². The highest BCUT2D eigenvalue weighted by molar-refractivity contribution is 5.99. The number of carbonyl (C=O) groups is 3. The summed E-state index contributed by atoms with van der Waals surface area (Å²) in [6.07, 6.45) is 0.907. The fourth-order valence-electron chi connectivity index (χ4n) is 3.45. The quantitative estimate of drug-likeness (QED) is 0.818. The summed E-state index contributed by atoms with van der Waals surface area (Å²) in [4.78, 5) is 42.1. The minimum Gasteiger partial charge on any atom is -0.394 e. The number of aliphatic hydroxyl groups excluding tert-OH is 1. The van der Waals surface area contributed by atoms with Crippen LogP contribution in [-0.2, 0) is 16.0 Å². The van der Waals surface area contributed by atoms with Crippen LogP contribution in [0.5, 0.6) is 0 Å². The molecule has 134 valence electrons. The number of hydrogen-bond donors (Lipinski definition) is 1. The smallest absolute Gasteiger partial charge is 0.253 e. The van der Waals surface area contributed by atoms with Crippen molar-refractivity contribution < 1.29 is 19.5 Å². The largest absolute Gasteiger partial charge is 0.394 e. The Hall–Kier alpha value is -2.41. The zero-order chi connectivity index (χ0) is 18.1. The highest BCUT2D eigenvalue weighted by Crippen LogP contribution is 2.22. The van der Waals surface area contributed by atoms with Crippen LogP contribution in [0.25, 0.3) is 0 Å². The minimum atomic E-state index is -0.826. The Bertz CT molecular complexity index is 688. The molecule has 0 aliphatic carbocycles. The standard InChI is InChI=1S/C18H23N3O4/c1-3-12-4-6-13(7-5-12)16(23)20-8-9-21-14(10-20)17(24)19(2)15(11-22)18(21)25/h4-7,14-15,22H,3,8-11H2,1-2H3/t14-,15+/m1/s1. The van der Waals surface area contributed by atoms with Crippen molar-refractivity contribution in [2.45, 2.75) is 25.4 Å². The number of carbonyl (C=O) groups excluding carboxylic acids is 3. The third-order valence-electron chi connectivity index (χ3n) is 5.12. The van der Waals surface area contributed by atoms with Crippen molar-refractivity contribution in [2.24, 2.45) is 0 Å². The Morgan fingerprint density at radius 2 is 1.84 bits per heavy atom. The number of amides is 3. The molecule has 0 saturated carbocycles. The van der Waals surface area contributed by atoms with Gasteiger partial charge in [-0.3, -0.25) is 14.4 Å². The van der Waals surface area contributed by atoms with Gasteiger partial charge in [-0.2, -0.15) is 0 Å². The number of aliphatic hydroxyl groups is 1. The second-order valence-corrected chi connectivity index (χ2v) is 6.50. The van der Waals surface area contributed by atoms with E-state index in [1.165, 1.54) is 16.8 Å². The van der Waals surface area contributed by atoms with E-state index in [1.54, 1.807) is 17.0 Å². The molecule has 25 heavy (non-hydrogen) atoms. The molecule has 1 N–H and O–H groups in total. The molecule has 3 rings (SSSR count). The number of likely N-dealkylation sites (N-methyl/N-ethyl adjacent to an activating group) is 1. The summed E-state index contributed by atoms with van der Waals surface area (Å²) in [6.45, 7) is 2.53. The molecule has 7 nitrogen and oxygen atoms in total. The van der Waals surface area contributed by atoms with Crippen LogP contribution in [-0.4, -0.2) is 82.9 Å². The molecule has 2 heterocycles. The molecule has 0 spiro atoms. The van der Waals surface area contributed by atoms with Gasteiger partial charge in [0, 0.05) is 25.7 Å². The Balaban J connectivity index is 1.76. The third kappa shape index (κ3) is 3.00. The second kappa shape index (κ2) is 6.84. The van der Waals surface area contributed by atoms with Crippen molar-refractivity contribution in [1.82, 2.24) is 14.7 Å². The number of benzene rings is 1. The maximum Gasteiger partial charge on any atom is 0.253 e. The Morgan fingerprint density at radius 1 is 1.16 bits per heavy atom. The maximum atomic E-state index is 12.7. The summed E-state index contributed by atoms with van der Waals surface area (Å²) in [5.74, 6) is -0.624. The highest BCUT2D eigenvalue weighted by atomic mass is 16.3. The number of piperazine rings is 2. The van der Waals surface area contributed by atoms with Crippen molar-refractivity contribution >= 4 is 17.7 Å². The number of hydrogen-bond acceptors (Lipinski definition) is 4. The van der Waals surface area contributed by atoms with Crippen LogP contribution in [0.4, 0.5) is 0 Å². The lowest BCUT2D eigenvalue weighted by Crippen LogP contribution is -2.70. The average molecular weight is 345 g/mol. The first-order valence-corrected chi connectivity index (χ1v) is 8.54. The summed E-state index contributed by atoms with van der Waals surface area (Å²) in [7, 11) is 1.52. The molecule has 0 radical (unpaired) electrons. The number of rotatable bonds is 3. The second-order valence-electron chi connectivity index (χ2n) is 6.50. The molecule has 7 heteroatoms. The molecule has 3 amide bonds. The molecular formula is C18H23N3O4. The third-order valence-corrected chi connectivity index (χ3v) is 5.12. The number of aryl methyl sites for hydroxylation is 1. The SMILES string of the molecule is CCc1ccc(C(=O)N2CCN3C(=O)[C@H](CO)N(C)C(=O)[C@H]3C2)cc1. The van der Waals surface area contributed by atoms with Gasteiger partial charge in [0.15, 0.2) is 0 Å². The highest BCUT2D eigenvalue weighted by Gasteiger charge is 2.47. The van der Waals surface area contributed by atoms with E-state index in [-0.39, 0.29) is 24.3 Å². The van der Waals surface area contributed by atoms with Gasteiger partial charge in [-0.1, -0.05) is 19.1 Å². The molecule has 0 bridgehead atoms. The van der Waals surface area contributed by atoms with Crippen molar-refractivity contribution in [3.63, 3.8) is 0 Å². The summed E-state index contributed by atoms with van der Waals surface area (Å²) in [6, 6.07) is 5.96. The normalized spacial score (nSPS) is 23.7. The molecule has 2 aliphatic rings. The van der Waals surface area contributed by atoms with Crippen LogP contribution in [0.3, 0.4) is 0 Å². The monoisotopic (exact) mass is 345 g/mol. The molecule has 2 fully saturated rings. The zero-order valence-electron chi connectivity index (χ0n) is 14.5. The van der Waals surface area contributed by atoms with E-state index in [4.69, 9.17) is 0 Å². The van der Waals surface area contributed by atoms with Crippen LogP contribution >= 0.6 is 0 Å². The number of nitrogens with zero attached hydrogens (tertiary/aromatic N) is 3. The average Bonchev–Trinajstić information content (AvgIpc) is 2.65. The van der Waals surface area contributed by atoms with Crippen LogP contribution in [0.15, 0.2) is 24.3 Å². The summed E-state index contributed by atoms with van der Waals surface area (Å²) in [5, 5.41) is 9.37. The minimum absolute atomic E-state index is 0.130. The lowest BCUT2D eigenvalue weighted by atomic mass is 10.0. The molecule has 0 unspecified atom stereocenters. The van der Waals surface area contributed by atoms with E-state index in [2.05, 4.69) is 6.92 Å². The van der Waals surface area contributed by atoms with E-state index >= 15 is 0 Å². The molecular weight excluding hydrogens is 322 g/mol. The molecule has 2 atom stereocenters. The Morgan fingerprint density at radius 3 is 2.44 bits per heavy atom. The van der Waals surface area contributed by atoms with Crippen molar-refractivity contribution in [1.29, 1.82) is 0 Å². The predicted octanol–water partition coefficient (Wildman–Crippen LogP) is -0.265. The summed E-state index contributed by atoms with van der Waals surface area (Å²) >= 11 is 0. The van der Waals surface area contributed by atoms with Gasteiger partial charge < -0.3 is 19.8 Å². The first-order chi connectivity index (χ1) is 12.0. The van der Waals surface area contributed by atoms with Crippen LogP contribution in [0.1, 0.15) is 22.8 Å². The summed E-state index contributed by atoms with van der Waals surface area (Å²) < 4.78 is 0. The van der Waals surface area contributed by atoms with E-state index in [0.717, 1.165) is 12.0 Å². The van der Waals surface area contributed by atoms with Gasteiger partial charge in [0.1, 0.15) is 12.1 Å². The molecule has 2 saturated heterocycles. The van der Waals surface area contributed by atoms with Gasteiger partial charge in [0.05, 0.1) is 13.2 Å². The molecule has 1 aromatic carbocycles. The van der Waals surface area contributed by atoms with Gasteiger partial charge in [0.2, 0.25) is 11.8 Å². The Kier molecular flexibility index (Phi) is 4.76. The zero-order valence-corrected chi connectivity index (χ0v) is 14.5. The summed E-state index contributed by atoms with van der Waals surface area (Å²) in [5.41, 5.74) is 1.74. The predicted molar refractivity (Wildman–Crippen MR) is 90.9 cm³/mol. The van der Waals surface area contributed by atoms with E-state index in [9.17, 15) is 19.5 Å². The molecule has 1 aromatic rings. The lowest BCUT2D eigenvalue weighted by Gasteiger charge is -2.47. The van der Waals surface area contributed by atoms with E-state index in [0.29, 0.717) is 18.7 Å². The van der Waals surface area contributed by atoms with Crippen LogP contribution in [0, 0.1) is 0 Å². The van der Waals surface area contributed by atoms with Crippen molar-refractivity contribution in [2.75, 3.05) is 33.3 Å². The van der Waals surface area contributed by atoms with Gasteiger partial charge in [-0.05, 0) is 24.1 Å². The van der Waals surface area contributed by atoms with Crippen LogP contribution in [0.2, 0.25) is 0 Å². The van der Waals surface area contributed by atoms with E-state index in [1.807, 2.05) is 12.1 Å². The maximum absolute atomic E-state index is 12.7. The fraction of sp³-hybridized carbons (Fsp3) is 0.500. The fourth-order valence-corrected chi connectivity index (χ4v) is 3.45. The first kappa shape index (κ1) is 17.4. The van der Waals surface area contributed by atoms with Gasteiger partial charge in [0.25, 0.3) is 5.91 Å². The van der Waals surface area contributed by atoms with Crippen LogP contribution < -0.4 is 0 Å². The van der Waals surface area contributed by atoms with Gasteiger partial charge in [-0.15, -0.1) is 0 Å². The lowest BCUT2D eigenvalue weighted by molar-refractivity contribution is -0.164. The first-order valence-electron chi connectivity index (χ1n) is 8.54. The number of fused-ring (bicyclic) bond motifs is 1. The van der Waals surface area contributed by atoms with Crippen molar-refractivity contribution in [3.05, 3.63) is 35.4 Å². The molecule has 0 aromatic heterocycles.